The number of aryl methyl sites for hydroxylation is 1. The van der Waals surface area contributed by atoms with Crippen LogP contribution in [0, 0.1) is 18.3 Å². The molecule has 0 bridgehead atoms. The maximum Gasteiger partial charge on any atom is 0.415 e. The molecule has 1 amide bonds. The quantitative estimate of drug-likeness (QED) is 0.270. The van der Waals surface area contributed by atoms with Gasteiger partial charge in [-0.3, -0.25) is 4.79 Å². The van der Waals surface area contributed by atoms with Crippen molar-refractivity contribution in [1.29, 1.82) is 5.26 Å². The number of thiocarbonyl (C=S) groups is 1. The van der Waals surface area contributed by atoms with Gasteiger partial charge in [0.15, 0.2) is 0 Å². The molecule has 0 saturated carbocycles. The van der Waals surface area contributed by atoms with Crippen molar-refractivity contribution in [2.75, 3.05) is 19.7 Å². The third kappa shape index (κ3) is 5.77. The molecule has 9 heteroatoms. The summed E-state index contributed by atoms with van der Waals surface area (Å²) >= 11 is 5.58. The van der Waals surface area contributed by atoms with Crippen LogP contribution in [0.3, 0.4) is 0 Å². The van der Waals surface area contributed by atoms with Crippen molar-refractivity contribution in [3.63, 3.8) is 0 Å². The number of carbonyl (C=O) groups is 2. The number of hydrogen-bond acceptors (Lipinski definition) is 7. The highest BCUT2D eigenvalue weighted by Crippen LogP contribution is 2.27. The minimum atomic E-state index is -0.530. The second-order valence-corrected chi connectivity index (χ2v) is 8.01. The number of imidazole rings is 1. The highest BCUT2D eigenvalue weighted by Gasteiger charge is 2.20. The Morgan fingerprint density at radius 1 is 1.15 bits per heavy atom. The summed E-state index contributed by atoms with van der Waals surface area (Å²) in [5, 5.41) is 8.98. The van der Waals surface area contributed by atoms with E-state index in [2.05, 4.69) is 16.0 Å². The van der Waals surface area contributed by atoms with Crippen LogP contribution in [-0.4, -0.2) is 51.5 Å². The molecule has 1 N–H and O–H groups in total. The average Bonchev–Trinajstić information content (AvgIpc) is 3.28. The smallest absolute Gasteiger partial charge is 0.415 e. The molecule has 0 unspecified atom stereocenters. The summed E-state index contributed by atoms with van der Waals surface area (Å²) in [5.74, 6) is 0.552. The Morgan fingerprint density at radius 3 is 2.53 bits per heavy atom. The third-order valence-corrected chi connectivity index (χ3v) is 5.62. The van der Waals surface area contributed by atoms with Gasteiger partial charge in [-0.2, -0.15) is 5.26 Å². The van der Waals surface area contributed by atoms with Crippen molar-refractivity contribution in [2.24, 2.45) is 0 Å². The first-order valence-electron chi connectivity index (χ1n) is 11.0. The van der Waals surface area contributed by atoms with Crippen molar-refractivity contribution < 1.29 is 19.1 Å². The molecule has 0 atom stereocenters. The van der Waals surface area contributed by atoms with Gasteiger partial charge >= 0.3 is 12.1 Å². The van der Waals surface area contributed by atoms with Crippen LogP contribution in [0.25, 0.3) is 11.0 Å². The van der Waals surface area contributed by atoms with Gasteiger partial charge < -0.3 is 19.4 Å². The van der Waals surface area contributed by atoms with E-state index in [4.69, 9.17) is 27.0 Å². The Kier molecular flexibility index (Phi) is 8.33. The average molecular weight is 479 g/mol. The van der Waals surface area contributed by atoms with E-state index in [0.29, 0.717) is 46.2 Å². The van der Waals surface area contributed by atoms with Crippen LogP contribution in [0.4, 0.5) is 4.79 Å². The van der Waals surface area contributed by atoms with E-state index in [-0.39, 0.29) is 18.9 Å². The summed E-state index contributed by atoms with van der Waals surface area (Å²) in [6, 6.07) is 12.6. The van der Waals surface area contributed by atoms with Crippen LogP contribution in [0.15, 0.2) is 36.4 Å². The van der Waals surface area contributed by atoms with E-state index in [0.717, 1.165) is 17.5 Å². The van der Waals surface area contributed by atoms with Crippen LogP contribution in [-0.2, 0) is 9.53 Å². The van der Waals surface area contributed by atoms with E-state index in [1.54, 1.807) is 43.3 Å². The topological polar surface area (TPSA) is 108 Å². The van der Waals surface area contributed by atoms with E-state index in [9.17, 15) is 9.59 Å². The summed E-state index contributed by atoms with van der Waals surface area (Å²) in [7, 11) is 0. The zero-order valence-corrected chi connectivity index (χ0v) is 20.2. The van der Waals surface area contributed by atoms with Crippen LogP contribution in [0.2, 0.25) is 0 Å². The van der Waals surface area contributed by atoms with E-state index in [1.807, 2.05) is 13.8 Å². The number of fused-ring (bicyclic) bond motifs is 1. The lowest BCUT2D eigenvalue weighted by atomic mass is 10.1. The molecule has 2 aromatic carbocycles. The van der Waals surface area contributed by atoms with Crippen molar-refractivity contribution in [1.82, 2.24) is 14.9 Å². The molecule has 0 radical (unpaired) electrons. The Labute approximate surface area is 203 Å². The highest BCUT2D eigenvalue weighted by molar-refractivity contribution is 7.81. The number of carbonyl (C=O) groups excluding carboxylic acids is 2. The molecule has 0 aliphatic rings. The summed E-state index contributed by atoms with van der Waals surface area (Å²) in [6.07, 6.45) is 0.305. The number of ether oxygens (including phenoxy) is 2. The van der Waals surface area contributed by atoms with Crippen molar-refractivity contribution in [3.05, 3.63) is 58.9 Å². The second kappa shape index (κ2) is 11.4. The van der Waals surface area contributed by atoms with Gasteiger partial charge in [0.05, 0.1) is 40.6 Å². The summed E-state index contributed by atoms with van der Waals surface area (Å²) in [5.41, 5.74) is 3.42. The number of nitrogens with zero attached hydrogens (tertiary/aromatic N) is 3. The van der Waals surface area contributed by atoms with E-state index >= 15 is 0 Å². The number of esters is 1. The number of amides is 1. The van der Waals surface area contributed by atoms with Crippen molar-refractivity contribution in [3.8, 4) is 11.8 Å². The van der Waals surface area contributed by atoms with Crippen LogP contribution in [0.5, 0.6) is 5.75 Å². The molecular formula is C25H26N4O4S. The molecule has 1 aromatic heterocycles. The fourth-order valence-corrected chi connectivity index (χ4v) is 3.66. The predicted octanol–water partition coefficient (Wildman–Crippen LogP) is 4.67. The predicted molar refractivity (Wildman–Crippen MR) is 132 cm³/mol. The van der Waals surface area contributed by atoms with Crippen molar-refractivity contribution >= 4 is 40.2 Å². The van der Waals surface area contributed by atoms with Gasteiger partial charge in [-0.25, -0.2) is 9.78 Å². The third-order valence-electron chi connectivity index (χ3n) is 5.19. The monoisotopic (exact) mass is 478 g/mol. The zero-order chi connectivity index (χ0) is 24.7. The van der Waals surface area contributed by atoms with Gasteiger partial charge in [-0.05, 0) is 50.1 Å². The molecular weight excluding hydrogens is 452 g/mol. The molecule has 176 valence electrons. The maximum absolute atomic E-state index is 12.8. The van der Waals surface area contributed by atoms with E-state index < -0.39 is 6.09 Å². The molecule has 0 aliphatic carbocycles. The fourth-order valence-electron chi connectivity index (χ4n) is 3.43. The molecule has 8 nitrogen and oxygen atoms in total. The number of aromatic amines is 1. The number of nitrogens with one attached hydrogen (secondary N) is 1. The molecule has 1 heterocycles. The van der Waals surface area contributed by atoms with Gasteiger partial charge in [0.2, 0.25) is 0 Å². The molecule has 3 aromatic rings. The highest BCUT2D eigenvalue weighted by atomic mass is 32.1. The number of hydrogen-bond donors (Lipinski definition) is 1. The standard InChI is InChI=1S/C25H26N4O4S/c1-4-13-29(14-12-21(30)32-5-2)25(31)33-20-11-10-19-22(16(20)3)28-24(27-19)23(34)18-8-6-17(15-26)7-9-18/h6-11H,4-5,12-14H2,1-3H3,(H,27,28). The van der Waals surface area contributed by atoms with Gasteiger partial charge in [0, 0.05) is 18.7 Å². The summed E-state index contributed by atoms with van der Waals surface area (Å²) < 4.78 is 10.6. The first-order valence-corrected chi connectivity index (χ1v) is 11.4. The summed E-state index contributed by atoms with van der Waals surface area (Å²) in [6.45, 7) is 6.50. The first kappa shape index (κ1) is 24.9. The number of benzene rings is 2. The minimum absolute atomic E-state index is 0.108. The second-order valence-electron chi connectivity index (χ2n) is 7.60. The molecule has 0 saturated heterocycles. The maximum atomic E-state index is 12.8. The normalized spacial score (nSPS) is 10.5. The minimum Gasteiger partial charge on any atom is -0.466 e. The Morgan fingerprint density at radius 2 is 1.88 bits per heavy atom. The zero-order valence-electron chi connectivity index (χ0n) is 19.4. The molecule has 0 spiro atoms. The number of rotatable bonds is 9. The lowest BCUT2D eigenvalue weighted by molar-refractivity contribution is -0.143. The van der Waals surface area contributed by atoms with Crippen molar-refractivity contribution in [2.45, 2.75) is 33.6 Å². The number of H-pyrrole nitrogens is 1. The molecule has 0 aliphatic heterocycles. The molecule has 34 heavy (non-hydrogen) atoms. The lowest BCUT2D eigenvalue weighted by Crippen LogP contribution is -2.36. The van der Waals surface area contributed by atoms with Crippen LogP contribution >= 0.6 is 12.2 Å². The Hall–Kier alpha value is -3.77. The molecule has 0 fully saturated rings. The first-order chi connectivity index (χ1) is 16.4. The molecule has 3 rings (SSSR count). The Balaban J connectivity index is 1.78. The van der Waals surface area contributed by atoms with E-state index in [1.165, 1.54) is 4.90 Å². The number of nitriles is 1. The van der Waals surface area contributed by atoms with Gasteiger partial charge in [0.25, 0.3) is 0 Å². The van der Waals surface area contributed by atoms with Gasteiger partial charge in [0.1, 0.15) is 11.6 Å². The summed E-state index contributed by atoms with van der Waals surface area (Å²) in [4.78, 5) is 34.3. The number of aromatic nitrogens is 2. The van der Waals surface area contributed by atoms with Gasteiger partial charge in [-0.1, -0.05) is 31.3 Å². The van der Waals surface area contributed by atoms with Crippen LogP contribution < -0.4 is 4.74 Å². The Bertz CT molecular complexity index is 1240. The van der Waals surface area contributed by atoms with Crippen LogP contribution in [0.1, 0.15) is 49.2 Å². The lowest BCUT2D eigenvalue weighted by Gasteiger charge is -2.21. The largest absolute Gasteiger partial charge is 0.466 e. The van der Waals surface area contributed by atoms with Gasteiger partial charge in [-0.15, -0.1) is 0 Å². The fraction of sp³-hybridized carbons (Fsp3) is 0.320. The SMILES string of the molecule is CCCN(CCC(=O)OCC)C(=O)Oc1ccc2[nH]c(C(=S)c3ccc(C#N)cc3)nc2c1C.